The van der Waals surface area contributed by atoms with Gasteiger partial charge in [-0.2, -0.15) is 0 Å². The number of ether oxygens (including phenoxy) is 1. The average Bonchev–Trinajstić information content (AvgIpc) is 2.73. The van der Waals surface area contributed by atoms with Gasteiger partial charge >= 0.3 is 0 Å². The fraction of sp³-hybridized carbons (Fsp3) is 0.348. The fourth-order valence-corrected chi connectivity index (χ4v) is 4.33. The zero-order valence-corrected chi connectivity index (χ0v) is 16.5. The summed E-state index contributed by atoms with van der Waals surface area (Å²) in [5.41, 5.74) is 3.71. The highest BCUT2D eigenvalue weighted by Gasteiger charge is 2.28. The van der Waals surface area contributed by atoms with Crippen LogP contribution in [0.4, 0.5) is 0 Å². The van der Waals surface area contributed by atoms with Gasteiger partial charge in [0.2, 0.25) is 5.43 Å². The van der Waals surface area contributed by atoms with Crippen LogP contribution in [0.2, 0.25) is 0 Å². The zero-order chi connectivity index (χ0) is 18.2. The second kappa shape index (κ2) is 7.98. The van der Waals surface area contributed by atoms with Crippen molar-refractivity contribution in [3.05, 3.63) is 70.0 Å². The van der Waals surface area contributed by atoms with E-state index in [9.17, 15) is 4.79 Å². The van der Waals surface area contributed by atoms with Gasteiger partial charge in [-0.1, -0.05) is 18.2 Å². The molecule has 0 aliphatic carbocycles. The SMILES string of the molecule is Cl.O=c1c2ccccc2oc2ccc(COCC=C3CC4CCN3CC4)cc12. The molecule has 2 aromatic carbocycles. The van der Waals surface area contributed by atoms with Crippen LogP contribution >= 0.6 is 12.4 Å². The molecule has 1 aromatic heterocycles. The Balaban J connectivity index is 0.00000192. The monoisotopic (exact) mass is 397 g/mol. The molecule has 3 aliphatic heterocycles. The van der Waals surface area contributed by atoms with Crippen molar-refractivity contribution < 1.29 is 9.15 Å². The first-order valence-corrected chi connectivity index (χ1v) is 9.74. The molecule has 6 rings (SSSR count). The zero-order valence-electron chi connectivity index (χ0n) is 15.7. The van der Waals surface area contributed by atoms with Crippen molar-refractivity contribution in [3.8, 4) is 0 Å². The van der Waals surface area contributed by atoms with Crippen molar-refractivity contribution in [1.29, 1.82) is 0 Å². The first kappa shape index (κ1) is 19.0. The molecule has 2 bridgehead atoms. The van der Waals surface area contributed by atoms with Gasteiger partial charge in [0, 0.05) is 18.8 Å². The predicted octanol–water partition coefficient (Wildman–Crippen LogP) is 4.88. The minimum Gasteiger partial charge on any atom is -0.456 e. The highest BCUT2D eigenvalue weighted by molar-refractivity contribution is 5.89. The van der Waals surface area contributed by atoms with Crippen LogP contribution < -0.4 is 5.43 Å². The number of rotatable bonds is 4. The Bertz CT molecular complexity index is 1080. The van der Waals surface area contributed by atoms with Crippen LogP contribution in [0.5, 0.6) is 0 Å². The third-order valence-electron chi connectivity index (χ3n) is 5.86. The average molecular weight is 398 g/mol. The molecule has 0 unspecified atom stereocenters. The van der Waals surface area contributed by atoms with E-state index in [0.29, 0.717) is 35.2 Å². The molecule has 3 fully saturated rings. The van der Waals surface area contributed by atoms with Crippen molar-refractivity contribution in [1.82, 2.24) is 4.90 Å². The van der Waals surface area contributed by atoms with Crippen LogP contribution in [0, 0.1) is 5.92 Å². The summed E-state index contributed by atoms with van der Waals surface area (Å²) >= 11 is 0. The van der Waals surface area contributed by atoms with Gasteiger partial charge in [-0.3, -0.25) is 4.79 Å². The maximum atomic E-state index is 12.7. The number of para-hydroxylation sites is 1. The smallest absolute Gasteiger partial charge is 0.200 e. The molecule has 0 atom stereocenters. The topological polar surface area (TPSA) is 42.7 Å². The Morgan fingerprint density at radius 1 is 1.07 bits per heavy atom. The Morgan fingerprint density at radius 2 is 1.86 bits per heavy atom. The van der Waals surface area contributed by atoms with Crippen LogP contribution in [0.1, 0.15) is 24.8 Å². The maximum Gasteiger partial charge on any atom is 0.200 e. The number of hydrogen-bond acceptors (Lipinski definition) is 4. The molecule has 0 amide bonds. The van der Waals surface area contributed by atoms with Crippen LogP contribution in [-0.2, 0) is 11.3 Å². The summed E-state index contributed by atoms with van der Waals surface area (Å²) in [5, 5.41) is 1.23. The molecule has 3 aliphatic rings. The highest BCUT2D eigenvalue weighted by atomic mass is 35.5. The van der Waals surface area contributed by atoms with Crippen molar-refractivity contribution in [2.24, 2.45) is 5.92 Å². The number of piperidine rings is 3. The lowest BCUT2D eigenvalue weighted by Gasteiger charge is -2.42. The van der Waals surface area contributed by atoms with E-state index in [1.54, 1.807) is 0 Å². The Kier molecular flexibility index (Phi) is 5.42. The van der Waals surface area contributed by atoms with E-state index in [2.05, 4.69) is 11.0 Å². The minimum absolute atomic E-state index is 0. The Morgan fingerprint density at radius 3 is 2.64 bits per heavy atom. The molecule has 0 radical (unpaired) electrons. The maximum absolute atomic E-state index is 12.7. The summed E-state index contributed by atoms with van der Waals surface area (Å²) < 4.78 is 11.7. The molecule has 0 spiro atoms. The second-order valence-electron chi connectivity index (χ2n) is 7.60. The molecule has 146 valence electrons. The van der Waals surface area contributed by atoms with Crippen LogP contribution in [0.25, 0.3) is 21.9 Å². The van der Waals surface area contributed by atoms with Crippen LogP contribution in [-0.4, -0.2) is 24.6 Å². The van der Waals surface area contributed by atoms with Gasteiger partial charge < -0.3 is 14.1 Å². The lowest BCUT2D eigenvalue weighted by atomic mass is 9.86. The molecule has 4 nitrogen and oxygen atoms in total. The second-order valence-corrected chi connectivity index (χ2v) is 7.60. The van der Waals surface area contributed by atoms with E-state index in [0.717, 1.165) is 11.5 Å². The normalized spacial score (nSPS) is 18.1. The van der Waals surface area contributed by atoms with Crippen LogP contribution in [0.3, 0.4) is 0 Å². The number of allylic oxidation sites excluding steroid dienone is 1. The molecule has 3 saturated heterocycles. The van der Waals surface area contributed by atoms with Crippen molar-refractivity contribution in [3.63, 3.8) is 0 Å². The Labute approximate surface area is 170 Å². The van der Waals surface area contributed by atoms with Gasteiger partial charge in [0.25, 0.3) is 0 Å². The predicted molar refractivity (Wildman–Crippen MR) is 114 cm³/mol. The summed E-state index contributed by atoms with van der Waals surface area (Å²) in [6, 6.07) is 13.1. The van der Waals surface area contributed by atoms with Gasteiger partial charge in [0.15, 0.2) is 0 Å². The summed E-state index contributed by atoms with van der Waals surface area (Å²) in [7, 11) is 0. The Hall–Kier alpha value is -2.30. The standard InChI is InChI=1S/C23H23NO3.ClH/c25-23-19-3-1-2-4-21(19)27-22-6-5-17(14-20(22)23)15-26-12-9-18-13-16-7-10-24(18)11-8-16;/h1-6,9,14,16H,7-8,10-13,15H2;1H. The minimum atomic E-state index is 0. The molecular formula is C23H24ClNO3. The summed E-state index contributed by atoms with van der Waals surface area (Å²) in [4.78, 5) is 15.2. The van der Waals surface area contributed by atoms with Gasteiger partial charge in [-0.15, -0.1) is 12.4 Å². The van der Waals surface area contributed by atoms with E-state index in [1.165, 1.54) is 38.0 Å². The van der Waals surface area contributed by atoms with Gasteiger partial charge in [-0.05, 0) is 61.1 Å². The number of fused-ring (bicyclic) bond motifs is 5. The van der Waals surface area contributed by atoms with E-state index < -0.39 is 0 Å². The van der Waals surface area contributed by atoms with Gasteiger partial charge in [0.1, 0.15) is 11.2 Å². The molecule has 4 heterocycles. The summed E-state index contributed by atoms with van der Waals surface area (Å²) in [6.45, 7) is 3.51. The van der Waals surface area contributed by atoms with Crippen molar-refractivity contribution in [2.75, 3.05) is 19.7 Å². The summed E-state index contributed by atoms with van der Waals surface area (Å²) in [6.07, 6.45) is 6.11. The fourth-order valence-electron chi connectivity index (χ4n) is 4.33. The van der Waals surface area contributed by atoms with E-state index in [-0.39, 0.29) is 17.8 Å². The van der Waals surface area contributed by atoms with Crippen LogP contribution in [0.15, 0.2) is 63.4 Å². The largest absolute Gasteiger partial charge is 0.456 e. The molecular weight excluding hydrogens is 374 g/mol. The highest BCUT2D eigenvalue weighted by Crippen LogP contribution is 2.33. The number of nitrogens with zero attached hydrogens (tertiary/aromatic N) is 1. The molecule has 0 N–H and O–H groups in total. The molecule has 0 saturated carbocycles. The first-order valence-electron chi connectivity index (χ1n) is 9.74. The molecule has 5 heteroatoms. The van der Waals surface area contributed by atoms with E-state index in [1.807, 2.05) is 42.5 Å². The quantitative estimate of drug-likeness (QED) is 0.464. The molecule has 3 aromatic rings. The third-order valence-corrected chi connectivity index (χ3v) is 5.86. The van der Waals surface area contributed by atoms with Gasteiger partial charge in [0.05, 0.1) is 24.0 Å². The van der Waals surface area contributed by atoms with Gasteiger partial charge in [-0.25, -0.2) is 0 Å². The summed E-state index contributed by atoms with van der Waals surface area (Å²) in [5.74, 6) is 0.871. The van der Waals surface area contributed by atoms with E-state index in [4.69, 9.17) is 9.15 Å². The third kappa shape index (κ3) is 3.54. The number of halogens is 1. The molecule has 28 heavy (non-hydrogen) atoms. The van der Waals surface area contributed by atoms with Crippen molar-refractivity contribution in [2.45, 2.75) is 25.9 Å². The lowest BCUT2D eigenvalue weighted by molar-refractivity contribution is 0.135. The lowest BCUT2D eigenvalue weighted by Crippen LogP contribution is -2.39. The van der Waals surface area contributed by atoms with Crippen molar-refractivity contribution >= 4 is 34.3 Å². The van der Waals surface area contributed by atoms with E-state index >= 15 is 0 Å². The number of hydrogen-bond donors (Lipinski definition) is 0. The first-order chi connectivity index (χ1) is 13.3. The number of benzene rings is 2.